The molecule has 0 unspecified atom stereocenters. The number of allylic oxidation sites excluding steroid dienone is 5. The Morgan fingerprint density at radius 1 is 1.33 bits per heavy atom. The largest absolute Gasteiger partial charge is 0.478 e. The van der Waals surface area contributed by atoms with Crippen molar-refractivity contribution in [2.24, 2.45) is 0 Å². The Balaban J connectivity index is 4.22. The number of aliphatic carboxylic acids is 1. The van der Waals surface area contributed by atoms with E-state index in [1.165, 1.54) is 0 Å². The molecular formula is C10H14O2. The van der Waals surface area contributed by atoms with Crippen molar-refractivity contribution in [2.45, 2.75) is 20.8 Å². The van der Waals surface area contributed by atoms with Gasteiger partial charge in [0.15, 0.2) is 0 Å². The van der Waals surface area contributed by atoms with Crippen molar-refractivity contribution >= 4 is 5.97 Å². The Morgan fingerprint density at radius 3 is 2.33 bits per heavy atom. The van der Waals surface area contributed by atoms with E-state index in [9.17, 15) is 4.79 Å². The second-order valence-corrected chi connectivity index (χ2v) is 2.55. The highest BCUT2D eigenvalue weighted by Gasteiger charge is 1.95. The van der Waals surface area contributed by atoms with Gasteiger partial charge in [-0.15, -0.1) is 0 Å². The van der Waals surface area contributed by atoms with Crippen molar-refractivity contribution in [1.29, 1.82) is 0 Å². The Hall–Kier alpha value is -1.31. The predicted octanol–water partition coefficient (Wildman–Crippen LogP) is 2.54. The van der Waals surface area contributed by atoms with Gasteiger partial charge in [-0.1, -0.05) is 29.9 Å². The van der Waals surface area contributed by atoms with Gasteiger partial charge in [0, 0.05) is 5.57 Å². The molecule has 0 saturated carbocycles. The molecule has 0 saturated heterocycles. The van der Waals surface area contributed by atoms with E-state index >= 15 is 0 Å². The minimum absolute atomic E-state index is 0.343. The highest BCUT2D eigenvalue weighted by molar-refractivity contribution is 5.86. The van der Waals surface area contributed by atoms with Gasteiger partial charge in [-0.3, -0.25) is 0 Å². The van der Waals surface area contributed by atoms with E-state index in [2.05, 4.69) is 0 Å². The Morgan fingerprint density at radius 2 is 1.92 bits per heavy atom. The number of carboxylic acid groups (broad SMARTS) is 1. The van der Waals surface area contributed by atoms with Crippen molar-refractivity contribution in [3.05, 3.63) is 35.5 Å². The summed E-state index contributed by atoms with van der Waals surface area (Å²) in [6, 6.07) is 0. The zero-order valence-corrected chi connectivity index (χ0v) is 7.66. The average Bonchev–Trinajstić information content (AvgIpc) is 2.03. The van der Waals surface area contributed by atoms with Crippen LogP contribution in [0.2, 0.25) is 0 Å². The van der Waals surface area contributed by atoms with Crippen LogP contribution in [0, 0.1) is 0 Å². The molecule has 0 heterocycles. The Bertz CT molecular complexity index is 245. The van der Waals surface area contributed by atoms with E-state index in [1.54, 1.807) is 19.1 Å². The molecule has 12 heavy (non-hydrogen) atoms. The van der Waals surface area contributed by atoms with E-state index in [1.807, 2.05) is 26.0 Å². The molecule has 2 heteroatoms. The molecule has 0 aliphatic carbocycles. The molecule has 0 bridgehead atoms. The highest BCUT2D eigenvalue weighted by atomic mass is 16.4. The van der Waals surface area contributed by atoms with Gasteiger partial charge in [0.05, 0.1) is 0 Å². The fourth-order valence-electron chi connectivity index (χ4n) is 0.512. The molecule has 0 radical (unpaired) electrons. The molecule has 0 aliphatic heterocycles. The maximum Gasteiger partial charge on any atom is 0.331 e. The van der Waals surface area contributed by atoms with Gasteiger partial charge in [-0.2, -0.15) is 0 Å². The van der Waals surface area contributed by atoms with Crippen LogP contribution in [0.1, 0.15) is 20.8 Å². The van der Waals surface area contributed by atoms with Gasteiger partial charge < -0.3 is 5.11 Å². The van der Waals surface area contributed by atoms with Gasteiger partial charge >= 0.3 is 5.97 Å². The van der Waals surface area contributed by atoms with E-state index < -0.39 is 5.97 Å². The monoisotopic (exact) mass is 166 g/mol. The second-order valence-electron chi connectivity index (χ2n) is 2.55. The van der Waals surface area contributed by atoms with Crippen molar-refractivity contribution in [2.75, 3.05) is 0 Å². The Labute approximate surface area is 72.9 Å². The second kappa shape index (κ2) is 5.35. The number of rotatable bonds is 3. The summed E-state index contributed by atoms with van der Waals surface area (Å²) in [5.74, 6) is -0.877. The van der Waals surface area contributed by atoms with E-state index in [0.717, 1.165) is 5.57 Å². The lowest BCUT2D eigenvalue weighted by Crippen LogP contribution is -1.94. The fraction of sp³-hybridized carbons (Fsp3) is 0.300. The van der Waals surface area contributed by atoms with Crippen LogP contribution in [-0.4, -0.2) is 11.1 Å². The van der Waals surface area contributed by atoms with Gasteiger partial charge in [-0.05, 0) is 20.8 Å². The molecule has 1 N–H and O–H groups in total. The van der Waals surface area contributed by atoms with E-state index in [0.29, 0.717) is 5.57 Å². The summed E-state index contributed by atoms with van der Waals surface area (Å²) in [6.07, 6.45) is 7.14. The number of carbonyl (C=O) groups is 1. The topological polar surface area (TPSA) is 37.3 Å². The van der Waals surface area contributed by atoms with Crippen LogP contribution < -0.4 is 0 Å². The summed E-state index contributed by atoms with van der Waals surface area (Å²) in [5, 5.41) is 8.49. The van der Waals surface area contributed by atoms with Crippen LogP contribution in [0.5, 0.6) is 0 Å². The van der Waals surface area contributed by atoms with Gasteiger partial charge in [0.2, 0.25) is 0 Å². The van der Waals surface area contributed by atoms with Gasteiger partial charge in [0.1, 0.15) is 0 Å². The zero-order chi connectivity index (χ0) is 9.56. The van der Waals surface area contributed by atoms with Crippen molar-refractivity contribution in [3.63, 3.8) is 0 Å². The molecule has 0 amide bonds. The number of hydrogen-bond donors (Lipinski definition) is 1. The lowest BCUT2D eigenvalue weighted by atomic mass is 10.2. The molecule has 0 rings (SSSR count). The molecule has 0 atom stereocenters. The van der Waals surface area contributed by atoms with Crippen LogP contribution in [0.3, 0.4) is 0 Å². The average molecular weight is 166 g/mol. The molecule has 0 fully saturated rings. The van der Waals surface area contributed by atoms with Crippen molar-refractivity contribution in [1.82, 2.24) is 0 Å². The quantitative estimate of drug-likeness (QED) is 0.516. The summed E-state index contributed by atoms with van der Waals surface area (Å²) < 4.78 is 0. The molecular weight excluding hydrogens is 152 g/mol. The fourth-order valence-corrected chi connectivity index (χ4v) is 0.512. The van der Waals surface area contributed by atoms with Crippen molar-refractivity contribution < 1.29 is 9.90 Å². The standard InChI is InChI=1S/C10H14O2/c1-4-8(2)6-5-7-9(3)10(11)12/h4-7H,1-3H3,(H,11,12)/b6-5+,8-4-,9-7+. The molecule has 0 aromatic heterocycles. The minimum atomic E-state index is -0.877. The molecule has 2 nitrogen and oxygen atoms in total. The molecule has 66 valence electrons. The number of carboxylic acids is 1. The number of hydrogen-bond acceptors (Lipinski definition) is 1. The van der Waals surface area contributed by atoms with E-state index in [-0.39, 0.29) is 0 Å². The van der Waals surface area contributed by atoms with Crippen LogP contribution >= 0.6 is 0 Å². The smallest absolute Gasteiger partial charge is 0.331 e. The molecule has 0 aromatic carbocycles. The highest BCUT2D eigenvalue weighted by Crippen LogP contribution is 1.97. The lowest BCUT2D eigenvalue weighted by Gasteiger charge is -1.88. The van der Waals surface area contributed by atoms with E-state index in [4.69, 9.17) is 5.11 Å². The SMILES string of the molecule is C\C=C(C)/C=C/C=C(\C)C(=O)O. The van der Waals surface area contributed by atoms with Crippen LogP contribution in [0.15, 0.2) is 35.5 Å². The van der Waals surface area contributed by atoms with Crippen LogP contribution in [-0.2, 0) is 4.79 Å². The summed E-state index contributed by atoms with van der Waals surface area (Å²) in [7, 11) is 0. The lowest BCUT2D eigenvalue weighted by molar-refractivity contribution is -0.132. The summed E-state index contributed by atoms with van der Waals surface area (Å²) in [5.41, 5.74) is 1.46. The first-order valence-corrected chi connectivity index (χ1v) is 3.79. The maximum atomic E-state index is 10.3. The predicted molar refractivity (Wildman–Crippen MR) is 50.0 cm³/mol. The third kappa shape index (κ3) is 4.50. The first-order valence-electron chi connectivity index (χ1n) is 3.79. The normalized spacial score (nSPS) is 13.9. The molecule has 0 aliphatic rings. The van der Waals surface area contributed by atoms with Gasteiger partial charge in [0.25, 0.3) is 0 Å². The third-order valence-electron chi connectivity index (χ3n) is 1.50. The van der Waals surface area contributed by atoms with Crippen LogP contribution in [0.4, 0.5) is 0 Å². The van der Waals surface area contributed by atoms with Crippen molar-refractivity contribution in [3.8, 4) is 0 Å². The summed E-state index contributed by atoms with van der Waals surface area (Å²) in [4.78, 5) is 10.3. The first kappa shape index (κ1) is 10.7. The van der Waals surface area contributed by atoms with Crippen LogP contribution in [0.25, 0.3) is 0 Å². The summed E-state index contributed by atoms with van der Waals surface area (Å²) in [6.45, 7) is 5.46. The molecule has 0 spiro atoms. The minimum Gasteiger partial charge on any atom is -0.478 e. The first-order chi connectivity index (χ1) is 5.57. The zero-order valence-electron chi connectivity index (χ0n) is 7.66. The Kier molecular flexibility index (Phi) is 4.77. The third-order valence-corrected chi connectivity index (χ3v) is 1.50. The summed E-state index contributed by atoms with van der Waals surface area (Å²) >= 11 is 0. The maximum absolute atomic E-state index is 10.3. The molecule has 0 aromatic rings. The van der Waals surface area contributed by atoms with Gasteiger partial charge in [-0.25, -0.2) is 4.79 Å².